The maximum atomic E-state index is 12.2. The van der Waals surface area contributed by atoms with Crippen LogP contribution in [0.2, 0.25) is 0 Å². The third-order valence-corrected chi connectivity index (χ3v) is 5.56. The van der Waals surface area contributed by atoms with Crippen LogP contribution in [0, 0.1) is 0 Å². The molecule has 0 fully saturated rings. The molecule has 0 heterocycles. The largest absolute Gasteiger partial charge is 0.478 e. The van der Waals surface area contributed by atoms with Crippen LogP contribution in [0.3, 0.4) is 0 Å². The zero-order valence-electron chi connectivity index (χ0n) is 22.3. The van der Waals surface area contributed by atoms with Gasteiger partial charge in [-0.1, -0.05) is 25.7 Å². The van der Waals surface area contributed by atoms with Gasteiger partial charge in [0, 0.05) is 50.2 Å². The number of rotatable bonds is 15. The van der Waals surface area contributed by atoms with Crippen LogP contribution in [0.15, 0.2) is 36.4 Å². The Labute approximate surface area is 230 Å². The Bertz CT molecular complexity index is 1170. The van der Waals surface area contributed by atoms with Crippen molar-refractivity contribution < 1.29 is 48.5 Å². The predicted octanol–water partition coefficient (Wildman–Crippen LogP) is 4.63. The van der Waals surface area contributed by atoms with Crippen LogP contribution in [0.1, 0.15) is 85.9 Å². The van der Waals surface area contributed by atoms with Gasteiger partial charge in [-0.25, -0.2) is 9.59 Å². The Balaban J connectivity index is 1.65. The quantitative estimate of drug-likeness (QED) is 0.137. The minimum atomic E-state index is -1.25. The smallest absolute Gasteiger partial charge is 0.339 e. The zero-order valence-corrected chi connectivity index (χ0v) is 22.3. The maximum Gasteiger partial charge on any atom is 0.339 e. The van der Waals surface area contributed by atoms with E-state index in [-0.39, 0.29) is 47.3 Å². The molecule has 2 aromatic carbocycles. The van der Waals surface area contributed by atoms with Crippen molar-refractivity contribution >= 4 is 47.1 Å². The number of benzene rings is 2. The summed E-state index contributed by atoms with van der Waals surface area (Å²) in [6, 6.07) is 7.95. The van der Waals surface area contributed by atoms with Crippen molar-refractivity contribution in [1.82, 2.24) is 0 Å². The molecule has 0 aromatic heterocycles. The van der Waals surface area contributed by atoms with E-state index in [1.54, 1.807) is 0 Å². The first kappa shape index (κ1) is 31.5. The number of esters is 2. The van der Waals surface area contributed by atoms with Gasteiger partial charge >= 0.3 is 23.9 Å². The van der Waals surface area contributed by atoms with E-state index in [0.29, 0.717) is 24.2 Å². The molecule has 40 heavy (non-hydrogen) atoms. The van der Waals surface area contributed by atoms with Crippen LogP contribution in [0.4, 0.5) is 11.4 Å². The fourth-order valence-electron chi connectivity index (χ4n) is 3.76. The summed E-state index contributed by atoms with van der Waals surface area (Å²) in [6.45, 7) is 2.30. The number of carbonyl (C=O) groups excluding carboxylic acids is 4. The highest BCUT2D eigenvalue weighted by Gasteiger charge is 2.16. The summed E-state index contributed by atoms with van der Waals surface area (Å²) in [7, 11) is 0. The van der Waals surface area contributed by atoms with Gasteiger partial charge in [0.15, 0.2) is 0 Å². The standard InChI is InChI=1S/C28H32N2O10/c1-17(31)39-23-15-19(11-13-21(23)27(35)36)29-25(33)9-7-5-3-4-6-8-10-26(34)30-20-12-14-22(28(37)38)24(16-20)40-18(2)32/h11-16H,3-10H2,1-2H3,(H,29,33)(H,30,34)(H,35,36)(H,37,38). The summed E-state index contributed by atoms with van der Waals surface area (Å²) < 4.78 is 9.83. The van der Waals surface area contributed by atoms with E-state index < -0.39 is 23.9 Å². The summed E-state index contributed by atoms with van der Waals surface area (Å²) in [5.41, 5.74) is 0.275. The Hall–Kier alpha value is -4.74. The van der Waals surface area contributed by atoms with Crippen LogP contribution >= 0.6 is 0 Å². The highest BCUT2D eigenvalue weighted by atomic mass is 16.5. The molecule has 214 valence electrons. The van der Waals surface area contributed by atoms with E-state index in [0.717, 1.165) is 39.5 Å². The zero-order chi connectivity index (χ0) is 29.7. The molecule has 0 saturated carbocycles. The van der Waals surface area contributed by atoms with Gasteiger partial charge in [0.1, 0.15) is 22.6 Å². The van der Waals surface area contributed by atoms with Gasteiger partial charge in [-0.05, 0) is 37.1 Å². The molecule has 2 rings (SSSR count). The van der Waals surface area contributed by atoms with E-state index in [1.165, 1.54) is 36.4 Å². The number of unbranched alkanes of at least 4 members (excludes halogenated alkanes) is 5. The Morgan fingerprint density at radius 1 is 0.600 bits per heavy atom. The van der Waals surface area contributed by atoms with Gasteiger partial charge in [-0.2, -0.15) is 0 Å². The van der Waals surface area contributed by atoms with Gasteiger partial charge in [-0.15, -0.1) is 0 Å². The summed E-state index contributed by atoms with van der Waals surface area (Å²) in [6.07, 6.45) is 5.20. The van der Waals surface area contributed by atoms with Crippen molar-refractivity contribution in [1.29, 1.82) is 0 Å². The number of anilines is 2. The SMILES string of the molecule is CC(=O)Oc1cc(NC(=O)CCCCCCCCC(=O)Nc2ccc(C(=O)O)c(OC(C)=O)c2)ccc1C(=O)O. The van der Waals surface area contributed by atoms with E-state index in [1.807, 2.05) is 0 Å². The molecule has 0 saturated heterocycles. The van der Waals surface area contributed by atoms with Gasteiger partial charge in [0.25, 0.3) is 0 Å². The first-order valence-electron chi connectivity index (χ1n) is 12.7. The third-order valence-electron chi connectivity index (χ3n) is 5.56. The Kier molecular flexibility index (Phi) is 12.3. The third kappa shape index (κ3) is 10.9. The van der Waals surface area contributed by atoms with E-state index in [4.69, 9.17) is 9.47 Å². The fraction of sp³-hybridized carbons (Fsp3) is 0.357. The molecule has 0 aliphatic rings. The van der Waals surface area contributed by atoms with Crippen LogP contribution in [0.5, 0.6) is 11.5 Å². The number of amides is 2. The van der Waals surface area contributed by atoms with E-state index >= 15 is 0 Å². The van der Waals surface area contributed by atoms with Crippen molar-refractivity contribution in [2.75, 3.05) is 10.6 Å². The van der Waals surface area contributed by atoms with Crippen LogP contribution in [0.25, 0.3) is 0 Å². The lowest BCUT2D eigenvalue weighted by Crippen LogP contribution is -2.13. The minimum Gasteiger partial charge on any atom is -0.478 e. The van der Waals surface area contributed by atoms with Crippen molar-refractivity contribution in [2.24, 2.45) is 0 Å². The molecule has 0 aliphatic heterocycles. The van der Waals surface area contributed by atoms with Crippen molar-refractivity contribution in [3.05, 3.63) is 47.5 Å². The van der Waals surface area contributed by atoms with Crippen molar-refractivity contribution in [2.45, 2.75) is 65.2 Å². The number of carboxylic acids is 2. The molecule has 0 spiro atoms. The molecule has 12 nitrogen and oxygen atoms in total. The second-order valence-electron chi connectivity index (χ2n) is 8.94. The number of aromatic carboxylic acids is 2. The summed E-state index contributed by atoms with van der Waals surface area (Å²) in [5, 5.41) is 23.7. The summed E-state index contributed by atoms with van der Waals surface area (Å²) in [4.78, 5) is 69.4. The normalized spacial score (nSPS) is 10.3. The van der Waals surface area contributed by atoms with Gasteiger partial charge in [-0.3, -0.25) is 19.2 Å². The summed E-state index contributed by atoms with van der Waals surface area (Å²) in [5.74, 6) is -4.64. The number of ether oxygens (including phenoxy) is 2. The molecule has 0 bridgehead atoms. The molecule has 2 amide bonds. The van der Waals surface area contributed by atoms with Gasteiger partial charge in [0.05, 0.1) is 0 Å². The highest BCUT2D eigenvalue weighted by molar-refractivity contribution is 5.96. The topological polar surface area (TPSA) is 185 Å². The number of carbonyl (C=O) groups is 6. The predicted molar refractivity (Wildman–Crippen MR) is 144 cm³/mol. The molecule has 12 heteroatoms. The molecule has 0 aliphatic carbocycles. The highest BCUT2D eigenvalue weighted by Crippen LogP contribution is 2.25. The number of hydrogen-bond donors (Lipinski definition) is 4. The molecule has 2 aromatic rings. The number of carboxylic acid groups (broad SMARTS) is 2. The second-order valence-corrected chi connectivity index (χ2v) is 8.94. The summed E-state index contributed by atoms with van der Waals surface area (Å²) >= 11 is 0. The lowest BCUT2D eigenvalue weighted by molar-refractivity contribution is -0.132. The first-order chi connectivity index (χ1) is 19.0. The second kappa shape index (κ2) is 15.6. The van der Waals surface area contributed by atoms with Crippen LogP contribution in [-0.4, -0.2) is 45.9 Å². The minimum absolute atomic E-state index is 0.144. The van der Waals surface area contributed by atoms with Crippen LogP contribution in [-0.2, 0) is 19.2 Å². The average molecular weight is 557 g/mol. The van der Waals surface area contributed by atoms with Gasteiger partial charge in [0.2, 0.25) is 11.8 Å². The Morgan fingerprint density at radius 3 is 1.27 bits per heavy atom. The van der Waals surface area contributed by atoms with Crippen molar-refractivity contribution in [3.63, 3.8) is 0 Å². The molecule has 0 radical (unpaired) electrons. The number of hydrogen-bond acceptors (Lipinski definition) is 8. The van der Waals surface area contributed by atoms with Gasteiger partial charge < -0.3 is 30.3 Å². The molecule has 0 unspecified atom stereocenters. The van der Waals surface area contributed by atoms with E-state index in [2.05, 4.69) is 10.6 Å². The lowest BCUT2D eigenvalue weighted by atomic mass is 10.1. The van der Waals surface area contributed by atoms with Crippen LogP contribution < -0.4 is 20.1 Å². The molecular weight excluding hydrogens is 524 g/mol. The Morgan fingerprint density at radius 2 is 0.950 bits per heavy atom. The molecular formula is C28H32N2O10. The lowest BCUT2D eigenvalue weighted by Gasteiger charge is -2.10. The molecule has 0 atom stereocenters. The fourth-order valence-corrected chi connectivity index (χ4v) is 3.76. The average Bonchev–Trinajstić information content (AvgIpc) is 2.84. The molecule has 4 N–H and O–H groups in total. The maximum absolute atomic E-state index is 12.2. The van der Waals surface area contributed by atoms with E-state index in [9.17, 15) is 39.0 Å². The monoisotopic (exact) mass is 556 g/mol. The first-order valence-corrected chi connectivity index (χ1v) is 12.7. The van der Waals surface area contributed by atoms with Crippen molar-refractivity contribution in [3.8, 4) is 11.5 Å². The number of nitrogens with one attached hydrogen (secondary N) is 2.